The molecule has 0 fully saturated rings. The minimum absolute atomic E-state index is 0.105. The zero-order chi connectivity index (χ0) is 10.6. The molecule has 0 saturated heterocycles. The molecule has 0 saturated carbocycles. The quantitative estimate of drug-likeness (QED) is 0.756. The smallest absolute Gasteiger partial charge is 0.243 e. The molecule has 0 radical (unpaired) electrons. The van der Waals surface area contributed by atoms with Gasteiger partial charge >= 0.3 is 0 Å². The first-order chi connectivity index (χ1) is 6.52. The Bertz CT molecular complexity index is 406. The van der Waals surface area contributed by atoms with Gasteiger partial charge in [0.2, 0.25) is 15.0 Å². The molecule has 0 aliphatic rings. The van der Waals surface area contributed by atoms with E-state index in [9.17, 15) is 13.2 Å². The molecule has 0 bridgehead atoms. The molecule has 0 heterocycles. The zero-order valence-corrected chi connectivity index (χ0v) is 8.75. The highest BCUT2D eigenvalue weighted by atomic mass is 32.2. The second-order valence-electron chi connectivity index (χ2n) is 3.05. The summed E-state index contributed by atoms with van der Waals surface area (Å²) in [5, 5.41) is -0.756. The fourth-order valence-corrected chi connectivity index (χ4v) is 1.83. The van der Waals surface area contributed by atoms with Crippen molar-refractivity contribution in [1.82, 2.24) is 0 Å². The molecule has 0 aromatic heterocycles. The predicted molar refractivity (Wildman–Crippen MR) is 54.6 cm³/mol. The molecule has 0 spiro atoms. The largest absolute Gasteiger partial charge is 0.282 e. The van der Waals surface area contributed by atoms with Crippen LogP contribution in [0, 0.1) is 0 Å². The van der Waals surface area contributed by atoms with Gasteiger partial charge in [-0.05, 0) is 12.0 Å². The topological polar surface area (TPSA) is 51.2 Å². The Balaban J connectivity index is 2.63. The van der Waals surface area contributed by atoms with Crippen molar-refractivity contribution in [3.05, 3.63) is 35.9 Å². The van der Waals surface area contributed by atoms with Crippen LogP contribution in [0.4, 0.5) is 0 Å². The summed E-state index contributed by atoms with van der Waals surface area (Å²) < 4.78 is 22.3. The second-order valence-corrected chi connectivity index (χ2v) is 5.26. The van der Waals surface area contributed by atoms with Crippen LogP contribution in [-0.2, 0) is 21.1 Å². The Morgan fingerprint density at radius 1 is 1.21 bits per heavy atom. The second kappa shape index (κ2) is 4.37. The molecule has 0 N–H and O–H groups in total. The van der Waals surface area contributed by atoms with Crippen molar-refractivity contribution in [3.8, 4) is 0 Å². The lowest BCUT2D eigenvalue weighted by Gasteiger charge is -2.00. The Kier molecular flexibility index (Phi) is 3.41. The predicted octanol–water partition coefficient (Wildman–Crippen LogP) is 1.19. The maximum Gasteiger partial charge on any atom is 0.243 e. The van der Waals surface area contributed by atoms with Crippen LogP contribution in [0.3, 0.4) is 0 Å². The van der Waals surface area contributed by atoms with Gasteiger partial charge in [0, 0.05) is 6.92 Å². The molecule has 0 amide bonds. The lowest BCUT2D eigenvalue weighted by Crippen LogP contribution is -2.16. The van der Waals surface area contributed by atoms with E-state index >= 15 is 0 Å². The van der Waals surface area contributed by atoms with Crippen LogP contribution in [0.5, 0.6) is 0 Å². The van der Waals surface area contributed by atoms with Crippen molar-refractivity contribution < 1.29 is 13.2 Å². The molecule has 3 nitrogen and oxygen atoms in total. The van der Waals surface area contributed by atoms with Gasteiger partial charge in [-0.2, -0.15) is 0 Å². The minimum atomic E-state index is -3.54. The van der Waals surface area contributed by atoms with Crippen LogP contribution in [0.15, 0.2) is 30.3 Å². The summed E-state index contributed by atoms with van der Waals surface area (Å²) in [6.07, 6.45) is 0.392. The molecule has 4 heteroatoms. The molecule has 0 unspecified atom stereocenters. The molecule has 0 aliphatic heterocycles. The van der Waals surface area contributed by atoms with Gasteiger partial charge in [-0.25, -0.2) is 8.42 Å². The monoisotopic (exact) mass is 212 g/mol. The summed E-state index contributed by atoms with van der Waals surface area (Å²) in [6.45, 7) is 1.08. The molecule has 1 aromatic carbocycles. The van der Waals surface area contributed by atoms with Gasteiger partial charge in [0.25, 0.3) is 0 Å². The molecule has 0 aliphatic carbocycles. The molecule has 0 atom stereocenters. The highest BCUT2D eigenvalue weighted by Gasteiger charge is 2.16. The third-order valence-electron chi connectivity index (χ3n) is 1.94. The summed E-state index contributed by atoms with van der Waals surface area (Å²) in [6, 6.07) is 9.24. The van der Waals surface area contributed by atoms with Crippen molar-refractivity contribution >= 4 is 15.0 Å². The SMILES string of the molecule is CC(=O)S(=O)(=O)CCc1ccccc1. The van der Waals surface area contributed by atoms with E-state index in [0.29, 0.717) is 6.42 Å². The summed E-state index contributed by atoms with van der Waals surface area (Å²) in [7, 11) is -3.54. The molecule has 14 heavy (non-hydrogen) atoms. The van der Waals surface area contributed by atoms with E-state index in [4.69, 9.17) is 0 Å². The maximum absolute atomic E-state index is 11.2. The minimum Gasteiger partial charge on any atom is -0.282 e. The standard InChI is InChI=1S/C10H12O3S/c1-9(11)14(12,13)8-7-10-5-3-2-4-6-10/h2-6H,7-8H2,1H3. The van der Waals surface area contributed by atoms with Crippen LogP contribution in [-0.4, -0.2) is 19.3 Å². The Morgan fingerprint density at radius 2 is 1.79 bits per heavy atom. The Hall–Kier alpha value is -1.16. The van der Waals surface area contributed by atoms with Crippen molar-refractivity contribution in [2.24, 2.45) is 0 Å². The molecule has 76 valence electrons. The van der Waals surface area contributed by atoms with Crippen LogP contribution in [0.1, 0.15) is 12.5 Å². The van der Waals surface area contributed by atoms with Gasteiger partial charge in [0.05, 0.1) is 5.75 Å². The lowest BCUT2D eigenvalue weighted by molar-refractivity contribution is -0.109. The van der Waals surface area contributed by atoms with Crippen molar-refractivity contribution in [1.29, 1.82) is 0 Å². The number of hydrogen-bond acceptors (Lipinski definition) is 3. The third-order valence-corrected chi connectivity index (χ3v) is 3.56. The summed E-state index contributed by atoms with van der Waals surface area (Å²) in [5.74, 6) is -0.105. The van der Waals surface area contributed by atoms with E-state index in [1.165, 1.54) is 0 Å². The highest BCUT2D eigenvalue weighted by Crippen LogP contribution is 2.02. The van der Waals surface area contributed by atoms with Gasteiger partial charge in [-0.1, -0.05) is 30.3 Å². The van der Waals surface area contributed by atoms with E-state index in [1.54, 1.807) is 0 Å². The van der Waals surface area contributed by atoms with Crippen LogP contribution in [0.25, 0.3) is 0 Å². The van der Waals surface area contributed by atoms with Crippen LogP contribution in [0.2, 0.25) is 0 Å². The van der Waals surface area contributed by atoms with E-state index in [2.05, 4.69) is 0 Å². The number of sulfone groups is 1. The van der Waals surface area contributed by atoms with Gasteiger partial charge in [-0.3, -0.25) is 4.79 Å². The average Bonchev–Trinajstić information content (AvgIpc) is 2.16. The summed E-state index contributed by atoms with van der Waals surface area (Å²) in [5.41, 5.74) is 0.928. The number of benzene rings is 1. The van der Waals surface area contributed by atoms with E-state index in [0.717, 1.165) is 12.5 Å². The average molecular weight is 212 g/mol. The normalized spacial score (nSPS) is 11.2. The van der Waals surface area contributed by atoms with Gasteiger partial charge in [-0.15, -0.1) is 0 Å². The number of carbonyl (C=O) groups is 1. The fraction of sp³-hybridized carbons (Fsp3) is 0.300. The van der Waals surface area contributed by atoms with Gasteiger partial charge in [0.15, 0.2) is 0 Å². The van der Waals surface area contributed by atoms with E-state index < -0.39 is 15.0 Å². The van der Waals surface area contributed by atoms with Crippen LogP contribution < -0.4 is 0 Å². The molecular weight excluding hydrogens is 200 g/mol. The van der Waals surface area contributed by atoms with E-state index in [-0.39, 0.29) is 5.75 Å². The summed E-state index contributed by atoms with van der Waals surface area (Å²) in [4.78, 5) is 10.7. The van der Waals surface area contributed by atoms with Crippen molar-refractivity contribution in [2.75, 3.05) is 5.75 Å². The number of carbonyl (C=O) groups excluding carboxylic acids is 1. The summed E-state index contributed by atoms with van der Waals surface area (Å²) >= 11 is 0. The Labute approximate surface area is 83.7 Å². The Morgan fingerprint density at radius 3 is 2.29 bits per heavy atom. The van der Waals surface area contributed by atoms with Crippen molar-refractivity contribution in [2.45, 2.75) is 13.3 Å². The van der Waals surface area contributed by atoms with Crippen LogP contribution >= 0.6 is 0 Å². The van der Waals surface area contributed by atoms with E-state index in [1.807, 2.05) is 30.3 Å². The number of hydrogen-bond donors (Lipinski definition) is 0. The zero-order valence-electron chi connectivity index (χ0n) is 7.93. The molecule has 1 rings (SSSR count). The number of rotatable bonds is 3. The molecular formula is C10H12O3S. The lowest BCUT2D eigenvalue weighted by atomic mass is 10.2. The number of aryl methyl sites for hydroxylation is 1. The highest BCUT2D eigenvalue weighted by molar-refractivity contribution is 8.06. The first-order valence-electron chi connectivity index (χ1n) is 4.29. The maximum atomic E-state index is 11.2. The van der Waals surface area contributed by atoms with Crippen molar-refractivity contribution in [3.63, 3.8) is 0 Å². The van der Waals surface area contributed by atoms with Gasteiger partial charge in [0.1, 0.15) is 0 Å². The third kappa shape index (κ3) is 2.96. The van der Waals surface area contributed by atoms with Gasteiger partial charge < -0.3 is 0 Å². The molecule has 1 aromatic rings. The first-order valence-corrected chi connectivity index (χ1v) is 5.95. The fourth-order valence-electron chi connectivity index (χ4n) is 1.04. The first kappa shape index (κ1) is 10.9.